The summed E-state index contributed by atoms with van der Waals surface area (Å²) in [5, 5.41) is 14.8. The first-order valence-corrected chi connectivity index (χ1v) is 10.6. The van der Waals surface area contributed by atoms with Crippen molar-refractivity contribution in [3.05, 3.63) is 46.5 Å². The van der Waals surface area contributed by atoms with Crippen LogP contribution in [-0.4, -0.2) is 32.7 Å². The zero-order valence-corrected chi connectivity index (χ0v) is 17.1. The van der Waals surface area contributed by atoms with Crippen molar-refractivity contribution in [3.63, 3.8) is 0 Å². The van der Waals surface area contributed by atoms with Crippen molar-refractivity contribution in [3.8, 4) is 0 Å². The highest BCUT2D eigenvalue weighted by Crippen LogP contribution is 2.32. The molecule has 0 saturated carbocycles. The molecule has 3 rings (SSSR count). The molecule has 3 aromatic rings. The lowest BCUT2D eigenvalue weighted by molar-refractivity contribution is -0.137. The van der Waals surface area contributed by atoms with Gasteiger partial charge in [0.2, 0.25) is 11.0 Å². The Bertz CT molecular complexity index is 1030. The molecule has 0 fully saturated rings. The summed E-state index contributed by atoms with van der Waals surface area (Å²) in [6.07, 6.45) is -4.65. The van der Waals surface area contributed by atoms with Crippen LogP contribution in [0.15, 0.2) is 34.0 Å². The monoisotopic (exact) mass is 459 g/mol. The van der Waals surface area contributed by atoms with Gasteiger partial charge in [-0.2, -0.15) is 13.2 Å². The smallest absolute Gasteiger partial charge is 0.301 e. The number of amides is 2. The van der Waals surface area contributed by atoms with E-state index < -0.39 is 23.2 Å². The Morgan fingerprint density at radius 3 is 2.59 bits per heavy atom. The summed E-state index contributed by atoms with van der Waals surface area (Å²) >= 11 is 3.35. The molecule has 0 unspecified atom stereocenters. The van der Waals surface area contributed by atoms with Crippen molar-refractivity contribution in [2.45, 2.75) is 17.4 Å². The largest absolute Gasteiger partial charge is 0.417 e. The van der Waals surface area contributed by atoms with Crippen LogP contribution in [0.4, 0.5) is 23.4 Å². The minimum absolute atomic E-state index is 0.0328. The Labute approximate surface area is 174 Å². The van der Waals surface area contributed by atoms with Crippen LogP contribution in [0.1, 0.15) is 21.6 Å². The average molecular weight is 460 g/mol. The lowest BCUT2D eigenvalue weighted by atomic mass is 10.1. The number of alkyl halides is 3. The molecule has 7 nitrogen and oxygen atoms in total. The number of aromatic nitrogens is 3. The Morgan fingerprint density at radius 1 is 1.14 bits per heavy atom. The van der Waals surface area contributed by atoms with Gasteiger partial charge in [0.1, 0.15) is 0 Å². The predicted octanol–water partition coefficient (Wildman–Crippen LogP) is 4.30. The van der Waals surface area contributed by atoms with Gasteiger partial charge in [-0.3, -0.25) is 14.9 Å². The molecule has 0 radical (unpaired) electrons. The van der Waals surface area contributed by atoms with Gasteiger partial charge in [0.15, 0.2) is 9.47 Å². The predicted molar refractivity (Wildman–Crippen MR) is 106 cm³/mol. The van der Waals surface area contributed by atoms with Crippen LogP contribution in [0.25, 0.3) is 0 Å². The first-order valence-electron chi connectivity index (χ1n) is 7.88. The van der Waals surface area contributed by atoms with Crippen molar-refractivity contribution < 1.29 is 22.8 Å². The van der Waals surface area contributed by atoms with Crippen LogP contribution in [0.3, 0.4) is 0 Å². The zero-order chi connectivity index (χ0) is 21.0. The maximum atomic E-state index is 13.0. The number of nitrogens with zero attached hydrogens (tertiary/aromatic N) is 3. The second-order valence-corrected chi connectivity index (χ2v) is 8.56. The number of thioether (sulfide) groups is 1. The third-order valence-electron chi connectivity index (χ3n) is 3.30. The molecule has 0 spiro atoms. The minimum atomic E-state index is -4.65. The van der Waals surface area contributed by atoms with Crippen molar-refractivity contribution in [1.82, 2.24) is 15.2 Å². The number of carbonyl (C=O) groups excluding carboxylic acids is 2. The molecule has 13 heteroatoms. The molecule has 29 heavy (non-hydrogen) atoms. The molecule has 0 aliphatic carbocycles. The molecular weight excluding hydrogens is 447 g/mol. The third-order valence-corrected chi connectivity index (χ3v) is 6.14. The van der Waals surface area contributed by atoms with Crippen LogP contribution in [-0.2, 0) is 11.0 Å². The SMILES string of the molecule is Cc1csc(NC(=O)CSc2nnc(NC(=O)c3ccccc3C(F)(F)F)s2)n1. The van der Waals surface area contributed by atoms with Gasteiger partial charge in [-0.05, 0) is 19.1 Å². The van der Waals surface area contributed by atoms with Crippen LogP contribution >= 0.6 is 34.4 Å². The molecular formula is C16H12F3N5O2S3. The summed E-state index contributed by atoms with van der Waals surface area (Å²) in [4.78, 5) is 28.2. The second kappa shape index (κ2) is 8.88. The van der Waals surface area contributed by atoms with E-state index in [1.165, 1.54) is 23.5 Å². The molecule has 2 aromatic heterocycles. The number of halogens is 3. The van der Waals surface area contributed by atoms with Crippen molar-refractivity contribution in [2.24, 2.45) is 0 Å². The number of aryl methyl sites for hydroxylation is 1. The summed E-state index contributed by atoms with van der Waals surface area (Å²) in [7, 11) is 0. The van der Waals surface area contributed by atoms with E-state index in [0.717, 1.165) is 40.9 Å². The van der Waals surface area contributed by atoms with E-state index in [2.05, 4.69) is 25.8 Å². The molecule has 0 atom stereocenters. The van der Waals surface area contributed by atoms with Crippen LogP contribution in [0.2, 0.25) is 0 Å². The molecule has 2 N–H and O–H groups in total. The maximum absolute atomic E-state index is 13.0. The van der Waals surface area contributed by atoms with Gasteiger partial charge in [-0.15, -0.1) is 21.5 Å². The average Bonchev–Trinajstić information content (AvgIpc) is 3.28. The minimum Gasteiger partial charge on any atom is -0.301 e. The number of anilines is 2. The first-order chi connectivity index (χ1) is 13.7. The maximum Gasteiger partial charge on any atom is 0.417 e. The zero-order valence-electron chi connectivity index (χ0n) is 14.6. The summed E-state index contributed by atoms with van der Waals surface area (Å²) < 4.78 is 39.5. The number of thiazole rings is 1. The highest BCUT2D eigenvalue weighted by molar-refractivity contribution is 8.01. The molecule has 0 saturated heterocycles. The molecule has 1 aromatic carbocycles. The quantitative estimate of drug-likeness (QED) is 0.421. The van der Waals surface area contributed by atoms with E-state index in [-0.39, 0.29) is 16.8 Å². The van der Waals surface area contributed by atoms with Crippen LogP contribution < -0.4 is 10.6 Å². The number of rotatable bonds is 6. The molecule has 0 bridgehead atoms. The molecule has 2 amide bonds. The summed E-state index contributed by atoms with van der Waals surface area (Å²) in [6, 6.07) is 4.46. The van der Waals surface area contributed by atoms with E-state index >= 15 is 0 Å². The normalized spacial score (nSPS) is 11.3. The molecule has 0 aliphatic rings. The van der Waals surface area contributed by atoms with Crippen molar-refractivity contribution in [2.75, 3.05) is 16.4 Å². The Morgan fingerprint density at radius 2 is 1.90 bits per heavy atom. The Balaban J connectivity index is 1.58. The highest BCUT2D eigenvalue weighted by Gasteiger charge is 2.35. The van der Waals surface area contributed by atoms with Gasteiger partial charge in [0, 0.05) is 5.38 Å². The number of hydrogen-bond acceptors (Lipinski definition) is 8. The summed E-state index contributed by atoms with van der Waals surface area (Å²) in [6.45, 7) is 1.81. The Kier molecular flexibility index (Phi) is 6.49. The van der Waals surface area contributed by atoms with E-state index in [9.17, 15) is 22.8 Å². The lowest BCUT2D eigenvalue weighted by Gasteiger charge is -2.11. The highest BCUT2D eigenvalue weighted by atomic mass is 32.2. The fourth-order valence-corrected chi connectivity index (χ4v) is 4.36. The third kappa shape index (κ3) is 5.74. The van der Waals surface area contributed by atoms with E-state index in [0.29, 0.717) is 9.47 Å². The van der Waals surface area contributed by atoms with Gasteiger partial charge in [0.25, 0.3) is 5.91 Å². The number of carbonyl (C=O) groups is 2. The van der Waals surface area contributed by atoms with Gasteiger partial charge in [0.05, 0.1) is 22.6 Å². The summed E-state index contributed by atoms with van der Waals surface area (Å²) in [5.41, 5.74) is -0.747. The van der Waals surface area contributed by atoms with E-state index in [1.807, 2.05) is 6.92 Å². The van der Waals surface area contributed by atoms with E-state index in [1.54, 1.807) is 5.38 Å². The van der Waals surface area contributed by atoms with Crippen molar-refractivity contribution >= 4 is 56.5 Å². The fourth-order valence-electron chi connectivity index (χ4n) is 2.11. The summed E-state index contributed by atoms with van der Waals surface area (Å²) in [5.74, 6) is -1.19. The fraction of sp³-hybridized carbons (Fsp3) is 0.188. The number of benzene rings is 1. The molecule has 152 valence electrons. The number of hydrogen-bond donors (Lipinski definition) is 2. The van der Waals surface area contributed by atoms with Crippen LogP contribution in [0, 0.1) is 6.92 Å². The van der Waals surface area contributed by atoms with Gasteiger partial charge >= 0.3 is 6.18 Å². The van der Waals surface area contributed by atoms with Gasteiger partial charge < -0.3 is 5.32 Å². The second-order valence-electron chi connectivity index (χ2n) is 5.50. The van der Waals surface area contributed by atoms with Crippen molar-refractivity contribution in [1.29, 1.82) is 0 Å². The number of nitrogens with one attached hydrogen (secondary N) is 2. The van der Waals surface area contributed by atoms with Gasteiger partial charge in [-0.25, -0.2) is 4.98 Å². The van der Waals surface area contributed by atoms with E-state index in [4.69, 9.17) is 0 Å². The molecule has 2 heterocycles. The Hall–Kier alpha value is -2.51. The van der Waals surface area contributed by atoms with Crippen LogP contribution in [0.5, 0.6) is 0 Å². The first kappa shape index (κ1) is 21.2. The van der Waals surface area contributed by atoms with Gasteiger partial charge in [-0.1, -0.05) is 35.2 Å². The topological polar surface area (TPSA) is 96.9 Å². The lowest BCUT2D eigenvalue weighted by Crippen LogP contribution is -2.18. The standard InChI is InChI=1S/C16H12F3N5O2S3/c1-8-6-27-13(20-8)21-11(25)7-28-15-24-23-14(29-15)22-12(26)9-4-2-3-5-10(9)16(17,18)19/h2-6H,7H2,1H3,(H,20,21,25)(H,22,23,26). The molecule has 0 aliphatic heterocycles.